The van der Waals surface area contributed by atoms with Crippen molar-refractivity contribution in [3.8, 4) is 11.5 Å². The second-order valence-corrected chi connectivity index (χ2v) is 9.37. The zero-order valence-electron chi connectivity index (χ0n) is 21.0. The summed E-state index contributed by atoms with van der Waals surface area (Å²) in [6.45, 7) is 0.984. The molecular weight excluding hydrogens is 476 g/mol. The van der Waals surface area contributed by atoms with Crippen LogP contribution in [-0.2, 0) is 35.6 Å². The Bertz CT molecular complexity index is 1230. The van der Waals surface area contributed by atoms with E-state index in [4.69, 9.17) is 9.47 Å². The molecule has 0 aliphatic carbocycles. The van der Waals surface area contributed by atoms with Crippen LogP contribution in [0.4, 0.5) is 0 Å². The van der Waals surface area contributed by atoms with Crippen molar-refractivity contribution in [3.05, 3.63) is 131 Å². The summed E-state index contributed by atoms with van der Waals surface area (Å²) in [5.41, 5.74) is 4.09. The summed E-state index contributed by atoms with van der Waals surface area (Å²) >= 11 is 0. The van der Waals surface area contributed by atoms with Crippen molar-refractivity contribution in [1.82, 2.24) is 10.6 Å². The maximum atomic E-state index is 12.8. The van der Waals surface area contributed by atoms with Crippen molar-refractivity contribution >= 4 is 11.8 Å². The van der Waals surface area contributed by atoms with Gasteiger partial charge in [-0.2, -0.15) is 0 Å². The highest BCUT2D eigenvalue weighted by molar-refractivity contribution is 5.97. The van der Waals surface area contributed by atoms with Crippen molar-refractivity contribution in [2.75, 3.05) is 0 Å². The highest BCUT2D eigenvalue weighted by atomic mass is 16.5. The van der Waals surface area contributed by atoms with Gasteiger partial charge in [0.2, 0.25) is 11.8 Å². The first-order valence-corrected chi connectivity index (χ1v) is 12.7. The van der Waals surface area contributed by atoms with E-state index in [2.05, 4.69) is 10.6 Å². The molecular formula is C32H30N2O4. The second-order valence-electron chi connectivity index (χ2n) is 9.37. The highest BCUT2D eigenvalue weighted by Gasteiger charge is 2.33. The molecule has 2 amide bonds. The molecule has 0 radical (unpaired) electrons. The van der Waals surface area contributed by atoms with Gasteiger partial charge in [0.15, 0.2) is 0 Å². The van der Waals surface area contributed by atoms with Crippen LogP contribution in [-0.4, -0.2) is 23.9 Å². The Hall–Kier alpha value is -4.58. The number of rotatable bonds is 10. The van der Waals surface area contributed by atoms with E-state index in [1.165, 1.54) is 0 Å². The second kappa shape index (κ2) is 12.1. The van der Waals surface area contributed by atoms with E-state index in [-0.39, 0.29) is 11.8 Å². The molecule has 2 unspecified atom stereocenters. The number of hydrogen-bond acceptors (Lipinski definition) is 4. The number of hydrogen-bond donors (Lipinski definition) is 2. The molecule has 0 bridgehead atoms. The van der Waals surface area contributed by atoms with Crippen LogP contribution in [0.25, 0.3) is 0 Å². The molecule has 38 heavy (non-hydrogen) atoms. The largest absolute Gasteiger partial charge is 0.489 e. The molecule has 6 heteroatoms. The zero-order valence-corrected chi connectivity index (χ0v) is 21.0. The van der Waals surface area contributed by atoms with Crippen molar-refractivity contribution in [2.24, 2.45) is 0 Å². The van der Waals surface area contributed by atoms with Crippen LogP contribution in [0.1, 0.15) is 22.3 Å². The normalized spacial score (nSPS) is 16.8. The summed E-state index contributed by atoms with van der Waals surface area (Å²) in [4.78, 5) is 25.5. The van der Waals surface area contributed by atoms with E-state index in [1.807, 2.05) is 109 Å². The van der Waals surface area contributed by atoms with Crippen molar-refractivity contribution < 1.29 is 19.1 Å². The topological polar surface area (TPSA) is 76.7 Å². The number of carbonyl (C=O) groups excluding carboxylic acids is 2. The van der Waals surface area contributed by atoms with Crippen LogP contribution >= 0.6 is 0 Å². The molecule has 192 valence electrons. The third-order valence-electron chi connectivity index (χ3n) is 6.49. The summed E-state index contributed by atoms with van der Waals surface area (Å²) in [5.74, 6) is 1.15. The third-order valence-corrected chi connectivity index (χ3v) is 6.49. The monoisotopic (exact) mass is 506 g/mol. The highest BCUT2D eigenvalue weighted by Crippen LogP contribution is 2.18. The van der Waals surface area contributed by atoms with Gasteiger partial charge < -0.3 is 20.1 Å². The van der Waals surface area contributed by atoms with E-state index in [9.17, 15) is 9.59 Å². The fourth-order valence-corrected chi connectivity index (χ4v) is 4.36. The standard InChI is InChI=1S/C32H30N2O4/c35-31-29(19-23-11-15-27(16-12-23)37-21-25-7-3-1-4-8-25)33-32(36)30(34-31)20-24-13-17-28(18-14-24)38-22-26-9-5-2-6-10-26/h1-18,29-30H,19-22H2,(H,33,36)(H,34,35). The molecule has 1 fully saturated rings. The Morgan fingerprint density at radius 1 is 0.474 bits per heavy atom. The molecule has 2 N–H and O–H groups in total. The maximum Gasteiger partial charge on any atom is 0.243 e. The minimum Gasteiger partial charge on any atom is -0.489 e. The molecule has 4 aromatic rings. The minimum atomic E-state index is -0.608. The number of nitrogens with one attached hydrogen (secondary N) is 2. The summed E-state index contributed by atoms with van der Waals surface area (Å²) < 4.78 is 11.7. The lowest BCUT2D eigenvalue weighted by Crippen LogP contribution is -2.62. The van der Waals surface area contributed by atoms with E-state index < -0.39 is 12.1 Å². The lowest BCUT2D eigenvalue weighted by atomic mass is 9.98. The first-order valence-electron chi connectivity index (χ1n) is 12.7. The summed E-state index contributed by atoms with van der Waals surface area (Å²) in [6.07, 6.45) is 0.827. The van der Waals surface area contributed by atoms with E-state index in [0.717, 1.165) is 33.8 Å². The van der Waals surface area contributed by atoms with Gasteiger partial charge in [0.05, 0.1) is 0 Å². The lowest BCUT2D eigenvalue weighted by Gasteiger charge is -2.29. The Kier molecular flexibility index (Phi) is 7.99. The Morgan fingerprint density at radius 3 is 1.21 bits per heavy atom. The summed E-state index contributed by atoms with van der Waals surface area (Å²) in [6, 6.07) is 34.0. The van der Waals surface area contributed by atoms with Crippen LogP contribution in [0.2, 0.25) is 0 Å². The van der Waals surface area contributed by atoms with E-state index >= 15 is 0 Å². The molecule has 5 rings (SSSR count). The predicted molar refractivity (Wildman–Crippen MR) is 146 cm³/mol. The minimum absolute atomic E-state index is 0.179. The molecule has 6 nitrogen and oxygen atoms in total. The zero-order chi connectivity index (χ0) is 26.2. The van der Waals surface area contributed by atoms with Gasteiger partial charge >= 0.3 is 0 Å². The molecule has 1 saturated heterocycles. The smallest absolute Gasteiger partial charge is 0.243 e. The van der Waals surface area contributed by atoms with Crippen LogP contribution in [0.3, 0.4) is 0 Å². The lowest BCUT2D eigenvalue weighted by molar-refractivity contribution is -0.136. The molecule has 1 aliphatic heterocycles. The molecule has 0 spiro atoms. The van der Waals surface area contributed by atoms with Crippen molar-refractivity contribution in [2.45, 2.75) is 38.1 Å². The van der Waals surface area contributed by atoms with Gasteiger partial charge in [-0.25, -0.2) is 0 Å². The summed E-state index contributed by atoms with van der Waals surface area (Å²) in [7, 11) is 0. The molecule has 0 aromatic heterocycles. The molecule has 1 aliphatic rings. The number of piperazine rings is 1. The van der Waals surface area contributed by atoms with Gasteiger partial charge in [-0.15, -0.1) is 0 Å². The number of ether oxygens (including phenoxy) is 2. The van der Waals surface area contributed by atoms with Crippen molar-refractivity contribution in [1.29, 1.82) is 0 Å². The maximum absolute atomic E-state index is 12.8. The fourth-order valence-electron chi connectivity index (χ4n) is 4.36. The molecule has 2 atom stereocenters. The summed E-state index contributed by atoms with van der Waals surface area (Å²) in [5, 5.41) is 5.78. The molecule has 0 saturated carbocycles. The van der Waals surface area contributed by atoms with Crippen LogP contribution in [0, 0.1) is 0 Å². The Morgan fingerprint density at radius 2 is 0.842 bits per heavy atom. The average Bonchev–Trinajstić information content (AvgIpc) is 2.96. The molecule has 4 aromatic carbocycles. The van der Waals surface area contributed by atoms with E-state index in [1.54, 1.807) is 0 Å². The number of carbonyl (C=O) groups is 2. The van der Waals surface area contributed by atoms with Gasteiger partial charge in [-0.3, -0.25) is 9.59 Å². The molecule has 1 heterocycles. The third kappa shape index (κ3) is 6.79. The van der Waals surface area contributed by atoms with Gasteiger partial charge in [0, 0.05) is 12.8 Å². The first kappa shape index (κ1) is 25.1. The van der Waals surface area contributed by atoms with Crippen LogP contribution in [0.15, 0.2) is 109 Å². The SMILES string of the molecule is O=C1NC(Cc2ccc(OCc3ccccc3)cc2)C(=O)NC1Cc1ccc(OCc2ccccc2)cc1. The average molecular weight is 507 g/mol. The van der Waals surface area contributed by atoms with Gasteiger partial charge in [-0.05, 0) is 46.5 Å². The van der Waals surface area contributed by atoms with E-state index in [0.29, 0.717) is 26.1 Å². The Balaban J connectivity index is 1.09. The first-order chi connectivity index (χ1) is 18.6. The number of amides is 2. The van der Waals surface area contributed by atoms with Crippen molar-refractivity contribution in [3.63, 3.8) is 0 Å². The Labute approximate surface area is 222 Å². The fraction of sp³-hybridized carbons (Fsp3) is 0.188. The predicted octanol–water partition coefficient (Wildman–Crippen LogP) is 4.61. The number of benzene rings is 4. The van der Waals surface area contributed by atoms with Gasteiger partial charge in [0.1, 0.15) is 36.8 Å². The van der Waals surface area contributed by atoms with Gasteiger partial charge in [0.25, 0.3) is 0 Å². The quantitative estimate of drug-likeness (QED) is 0.329. The van der Waals surface area contributed by atoms with Crippen LogP contribution in [0.5, 0.6) is 11.5 Å². The van der Waals surface area contributed by atoms with Gasteiger partial charge in [-0.1, -0.05) is 84.9 Å². The van der Waals surface area contributed by atoms with Crippen LogP contribution < -0.4 is 20.1 Å².